The van der Waals surface area contributed by atoms with Crippen LogP contribution in [0.5, 0.6) is 0 Å². The third-order valence-corrected chi connectivity index (χ3v) is 3.76. The van der Waals surface area contributed by atoms with E-state index in [0.29, 0.717) is 22.3 Å². The van der Waals surface area contributed by atoms with E-state index in [4.69, 9.17) is 11.6 Å². The van der Waals surface area contributed by atoms with Crippen molar-refractivity contribution in [1.82, 2.24) is 20.2 Å². The van der Waals surface area contributed by atoms with Gasteiger partial charge in [-0.2, -0.15) is 10.2 Å². The number of hydrazone groups is 1. The number of aryl methyl sites for hydroxylation is 1. The van der Waals surface area contributed by atoms with Crippen molar-refractivity contribution in [3.63, 3.8) is 0 Å². The van der Waals surface area contributed by atoms with Crippen LogP contribution in [0.4, 0.5) is 0 Å². The molecular weight excluding hydrogens is 370 g/mol. The Morgan fingerprint density at radius 1 is 1.64 bits per heavy atom. The Balaban J connectivity index is 2.07. The normalized spacial score (nSPS) is 11.5. The van der Waals surface area contributed by atoms with Crippen molar-refractivity contribution in [2.45, 2.75) is 27.3 Å². The van der Waals surface area contributed by atoms with Crippen LogP contribution in [0.1, 0.15) is 35.6 Å². The molecule has 0 spiro atoms. The van der Waals surface area contributed by atoms with Crippen molar-refractivity contribution in [2.75, 3.05) is 0 Å². The molecule has 118 valence electrons. The number of rotatable bonds is 5. The molecule has 0 aromatic carbocycles. The molecule has 2 heterocycles. The first-order valence-electron chi connectivity index (χ1n) is 6.78. The van der Waals surface area contributed by atoms with Gasteiger partial charge in [-0.3, -0.25) is 9.48 Å². The van der Waals surface area contributed by atoms with E-state index in [2.05, 4.69) is 50.4 Å². The Labute approximate surface area is 142 Å². The Bertz CT molecular complexity index is 704. The van der Waals surface area contributed by atoms with Gasteiger partial charge in [0.2, 0.25) is 0 Å². The highest BCUT2D eigenvalue weighted by molar-refractivity contribution is 9.10. The molecule has 0 aliphatic carbocycles. The van der Waals surface area contributed by atoms with Crippen LogP contribution >= 0.6 is 27.5 Å². The zero-order chi connectivity index (χ0) is 16.3. The van der Waals surface area contributed by atoms with Crippen LogP contribution in [0.3, 0.4) is 0 Å². The molecule has 2 N–H and O–H groups in total. The minimum absolute atomic E-state index is 0.328. The maximum absolute atomic E-state index is 11.8. The van der Waals surface area contributed by atoms with Crippen molar-refractivity contribution in [2.24, 2.45) is 11.0 Å². The van der Waals surface area contributed by atoms with Gasteiger partial charge in [0.15, 0.2) is 0 Å². The van der Waals surface area contributed by atoms with Gasteiger partial charge in [0.05, 0.1) is 17.5 Å². The zero-order valence-corrected chi connectivity index (χ0v) is 14.9. The molecule has 0 aliphatic heterocycles. The number of amides is 1. The Morgan fingerprint density at radius 2 is 2.36 bits per heavy atom. The van der Waals surface area contributed by atoms with E-state index >= 15 is 0 Å². The minimum atomic E-state index is -0.328. The number of carbonyl (C=O) groups is 1. The summed E-state index contributed by atoms with van der Waals surface area (Å²) in [6.45, 7) is 6.77. The van der Waals surface area contributed by atoms with E-state index in [9.17, 15) is 4.79 Å². The van der Waals surface area contributed by atoms with Crippen LogP contribution in [0.25, 0.3) is 0 Å². The quantitative estimate of drug-likeness (QED) is 0.611. The third-order valence-electron chi connectivity index (χ3n) is 2.90. The van der Waals surface area contributed by atoms with E-state index < -0.39 is 0 Å². The lowest BCUT2D eigenvalue weighted by molar-refractivity contribution is 0.0951. The van der Waals surface area contributed by atoms with Crippen molar-refractivity contribution in [1.29, 1.82) is 0 Å². The molecular formula is C14H17BrClN5O. The second-order valence-electron chi connectivity index (χ2n) is 5.30. The molecule has 2 rings (SSSR count). The van der Waals surface area contributed by atoms with Crippen molar-refractivity contribution < 1.29 is 4.79 Å². The average molecular weight is 387 g/mol. The Kier molecular flexibility index (Phi) is 5.42. The SMILES string of the molecule is Cc1nn(CC(C)C)c(Cl)c1/C=N\NC(=O)c1cc(Br)c[nH]1. The number of H-pyrrole nitrogens is 1. The molecule has 0 unspecified atom stereocenters. The number of carbonyl (C=O) groups excluding carboxylic acids is 1. The molecule has 0 fully saturated rings. The highest BCUT2D eigenvalue weighted by Crippen LogP contribution is 2.19. The van der Waals surface area contributed by atoms with E-state index in [1.807, 2.05) is 6.92 Å². The first kappa shape index (κ1) is 16.8. The number of aromatic nitrogens is 3. The summed E-state index contributed by atoms with van der Waals surface area (Å²) in [6.07, 6.45) is 3.19. The summed E-state index contributed by atoms with van der Waals surface area (Å²) in [7, 11) is 0. The van der Waals surface area contributed by atoms with Gasteiger partial charge >= 0.3 is 0 Å². The predicted octanol–water partition coefficient (Wildman–Crippen LogP) is 3.36. The molecule has 2 aromatic rings. The van der Waals surface area contributed by atoms with Crippen molar-refractivity contribution >= 4 is 39.7 Å². The molecule has 0 saturated carbocycles. The summed E-state index contributed by atoms with van der Waals surface area (Å²) in [5.74, 6) is 0.109. The molecule has 2 aromatic heterocycles. The molecule has 6 nitrogen and oxygen atoms in total. The van der Waals surface area contributed by atoms with Crippen LogP contribution in [0, 0.1) is 12.8 Å². The fourth-order valence-corrected chi connectivity index (χ4v) is 2.53. The van der Waals surface area contributed by atoms with Gasteiger partial charge < -0.3 is 4.98 Å². The number of nitrogens with one attached hydrogen (secondary N) is 2. The summed E-state index contributed by atoms with van der Waals surface area (Å²) in [5.41, 5.74) is 4.34. The van der Waals surface area contributed by atoms with Crippen molar-refractivity contribution in [3.8, 4) is 0 Å². The lowest BCUT2D eigenvalue weighted by Gasteiger charge is -2.05. The second kappa shape index (κ2) is 7.11. The van der Waals surface area contributed by atoms with E-state index in [1.165, 1.54) is 6.21 Å². The molecule has 22 heavy (non-hydrogen) atoms. The monoisotopic (exact) mass is 385 g/mol. The highest BCUT2D eigenvalue weighted by Gasteiger charge is 2.13. The van der Waals surface area contributed by atoms with Crippen LogP contribution < -0.4 is 5.43 Å². The first-order chi connectivity index (χ1) is 10.4. The van der Waals surface area contributed by atoms with Gasteiger partial charge in [-0.25, -0.2) is 5.43 Å². The summed E-state index contributed by atoms with van der Waals surface area (Å²) >= 11 is 9.56. The standard InChI is InChI=1S/C14H17BrClN5O/c1-8(2)7-21-13(16)11(9(3)20-21)6-18-19-14(22)12-4-10(15)5-17-12/h4-6,8,17H,7H2,1-3H3,(H,19,22)/b18-6-. The first-order valence-corrected chi connectivity index (χ1v) is 7.95. The fourth-order valence-electron chi connectivity index (χ4n) is 1.90. The van der Waals surface area contributed by atoms with E-state index in [-0.39, 0.29) is 5.91 Å². The predicted molar refractivity (Wildman–Crippen MR) is 90.4 cm³/mol. The fraction of sp³-hybridized carbons (Fsp3) is 0.357. The summed E-state index contributed by atoms with van der Waals surface area (Å²) in [6, 6.07) is 1.67. The van der Waals surface area contributed by atoms with Gasteiger partial charge in [-0.1, -0.05) is 25.4 Å². The Morgan fingerprint density at radius 3 is 2.95 bits per heavy atom. The molecule has 1 amide bonds. The largest absolute Gasteiger partial charge is 0.356 e. The van der Waals surface area contributed by atoms with Gasteiger partial charge in [-0.15, -0.1) is 0 Å². The molecule has 0 atom stereocenters. The minimum Gasteiger partial charge on any atom is -0.356 e. The third kappa shape index (κ3) is 3.98. The Hall–Kier alpha value is -1.60. The van der Waals surface area contributed by atoms with Crippen LogP contribution in [-0.4, -0.2) is 26.9 Å². The lowest BCUT2D eigenvalue weighted by atomic mass is 10.2. The van der Waals surface area contributed by atoms with Gasteiger partial charge in [0.1, 0.15) is 10.8 Å². The number of aromatic amines is 1. The lowest BCUT2D eigenvalue weighted by Crippen LogP contribution is -2.17. The summed E-state index contributed by atoms with van der Waals surface area (Å²) < 4.78 is 2.54. The van der Waals surface area contributed by atoms with Crippen LogP contribution in [0.15, 0.2) is 21.8 Å². The highest BCUT2D eigenvalue weighted by atomic mass is 79.9. The maximum Gasteiger partial charge on any atom is 0.287 e. The topological polar surface area (TPSA) is 75.1 Å². The molecule has 8 heteroatoms. The summed E-state index contributed by atoms with van der Waals surface area (Å²) in [5, 5.41) is 8.84. The average Bonchev–Trinajstić information content (AvgIpc) is 2.97. The van der Waals surface area contributed by atoms with E-state index in [1.54, 1.807) is 16.9 Å². The maximum atomic E-state index is 11.8. The van der Waals surface area contributed by atoms with E-state index in [0.717, 1.165) is 16.7 Å². The molecule has 0 radical (unpaired) electrons. The van der Waals surface area contributed by atoms with Crippen molar-refractivity contribution in [3.05, 3.63) is 38.8 Å². The van der Waals surface area contributed by atoms with Gasteiger partial charge in [-0.05, 0) is 34.8 Å². The molecule has 0 aliphatic rings. The van der Waals surface area contributed by atoms with Crippen LogP contribution in [0.2, 0.25) is 5.15 Å². The summed E-state index contributed by atoms with van der Waals surface area (Å²) in [4.78, 5) is 14.7. The van der Waals surface area contributed by atoms with Gasteiger partial charge in [0, 0.05) is 17.2 Å². The smallest absolute Gasteiger partial charge is 0.287 e. The number of halogens is 2. The van der Waals surface area contributed by atoms with Gasteiger partial charge in [0.25, 0.3) is 5.91 Å². The van der Waals surface area contributed by atoms with Crippen LogP contribution in [-0.2, 0) is 6.54 Å². The number of hydrogen-bond acceptors (Lipinski definition) is 3. The number of hydrogen-bond donors (Lipinski definition) is 2. The number of nitrogens with zero attached hydrogens (tertiary/aromatic N) is 3. The second-order valence-corrected chi connectivity index (χ2v) is 6.57. The molecule has 0 saturated heterocycles. The zero-order valence-electron chi connectivity index (χ0n) is 12.5. The molecule has 0 bridgehead atoms.